The van der Waals surface area contributed by atoms with E-state index in [-0.39, 0.29) is 16.9 Å². The fourth-order valence-electron chi connectivity index (χ4n) is 1.75. The van der Waals surface area contributed by atoms with Gasteiger partial charge in [-0.3, -0.25) is 4.79 Å². The number of hydrogen-bond acceptors (Lipinski definition) is 3. The molecule has 0 aliphatic rings. The molecule has 1 amide bonds. The number of benzene rings is 2. The number of nitrogens with zero attached hydrogens (tertiary/aromatic N) is 1. The molecule has 0 aliphatic heterocycles. The van der Waals surface area contributed by atoms with Crippen molar-refractivity contribution in [2.45, 2.75) is 6.18 Å². The second-order valence-electron chi connectivity index (χ2n) is 4.30. The number of amides is 1. The smallest absolute Gasteiger partial charge is 0.417 e. The summed E-state index contributed by atoms with van der Waals surface area (Å²) in [5.41, 5.74) is 1.02. The molecule has 0 heterocycles. The van der Waals surface area contributed by atoms with E-state index in [1.807, 2.05) is 0 Å². The standard InChI is InChI=1S/C15H11F3N2O2/c16-15(17,18)12-7-3-1-5-10(12)9-19-20-14(22)11-6-2-4-8-13(11)21/h1-9,21H,(H,20,22)/b19-9-. The van der Waals surface area contributed by atoms with Crippen LogP contribution in [0, 0.1) is 0 Å². The van der Waals surface area contributed by atoms with Crippen LogP contribution in [0.4, 0.5) is 13.2 Å². The Hall–Kier alpha value is -2.83. The van der Waals surface area contributed by atoms with Crippen molar-refractivity contribution < 1.29 is 23.1 Å². The lowest BCUT2D eigenvalue weighted by atomic mass is 10.1. The van der Waals surface area contributed by atoms with Gasteiger partial charge in [0.2, 0.25) is 0 Å². The molecule has 0 radical (unpaired) electrons. The SMILES string of the molecule is O=C(N/N=C\c1ccccc1C(F)(F)F)c1ccccc1O. The summed E-state index contributed by atoms with van der Waals surface area (Å²) in [4.78, 5) is 11.7. The molecule has 0 spiro atoms. The Kier molecular flexibility index (Phi) is 4.45. The number of phenols is 1. The lowest BCUT2D eigenvalue weighted by Crippen LogP contribution is -2.18. The fourth-order valence-corrected chi connectivity index (χ4v) is 1.75. The molecule has 0 fully saturated rings. The van der Waals surface area contributed by atoms with E-state index in [1.54, 1.807) is 0 Å². The minimum Gasteiger partial charge on any atom is -0.507 e. The summed E-state index contributed by atoms with van der Waals surface area (Å²) in [6.45, 7) is 0. The zero-order valence-electron chi connectivity index (χ0n) is 11.1. The molecule has 4 nitrogen and oxygen atoms in total. The summed E-state index contributed by atoms with van der Waals surface area (Å²) in [5, 5.41) is 13.0. The van der Waals surface area contributed by atoms with Crippen LogP contribution in [0.1, 0.15) is 21.5 Å². The lowest BCUT2D eigenvalue weighted by molar-refractivity contribution is -0.137. The van der Waals surface area contributed by atoms with Gasteiger partial charge in [-0.05, 0) is 18.2 Å². The lowest BCUT2D eigenvalue weighted by Gasteiger charge is -2.09. The summed E-state index contributed by atoms with van der Waals surface area (Å²) >= 11 is 0. The zero-order valence-corrected chi connectivity index (χ0v) is 11.1. The van der Waals surface area contributed by atoms with Gasteiger partial charge in [0.05, 0.1) is 17.3 Å². The molecular formula is C15H11F3N2O2. The first-order valence-electron chi connectivity index (χ1n) is 6.17. The number of aromatic hydroxyl groups is 1. The number of carbonyl (C=O) groups excluding carboxylic acids is 1. The summed E-state index contributed by atoms with van der Waals surface area (Å²) in [5.74, 6) is -0.968. The zero-order chi connectivity index (χ0) is 16.2. The first kappa shape index (κ1) is 15.6. The topological polar surface area (TPSA) is 61.7 Å². The van der Waals surface area contributed by atoms with Gasteiger partial charge in [-0.2, -0.15) is 18.3 Å². The van der Waals surface area contributed by atoms with Gasteiger partial charge in [-0.1, -0.05) is 30.3 Å². The Balaban J connectivity index is 2.14. The van der Waals surface area contributed by atoms with Gasteiger partial charge >= 0.3 is 6.18 Å². The number of alkyl halides is 3. The molecule has 0 aromatic heterocycles. The molecular weight excluding hydrogens is 297 g/mol. The first-order valence-corrected chi connectivity index (χ1v) is 6.17. The Morgan fingerprint density at radius 2 is 1.73 bits per heavy atom. The van der Waals surface area contributed by atoms with E-state index in [9.17, 15) is 23.1 Å². The average Bonchev–Trinajstić information content (AvgIpc) is 2.47. The van der Waals surface area contributed by atoms with Crippen molar-refractivity contribution in [1.29, 1.82) is 0 Å². The van der Waals surface area contributed by atoms with Gasteiger partial charge in [0.25, 0.3) is 5.91 Å². The van der Waals surface area contributed by atoms with E-state index in [0.29, 0.717) is 0 Å². The van der Waals surface area contributed by atoms with Gasteiger partial charge in [-0.15, -0.1) is 0 Å². The normalized spacial score (nSPS) is 11.6. The minimum atomic E-state index is -4.51. The fraction of sp³-hybridized carbons (Fsp3) is 0.0667. The van der Waals surface area contributed by atoms with Crippen molar-refractivity contribution in [3.05, 3.63) is 65.2 Å². The maximum atomic E-state index is 12.8. The van der Waals surface area contributed by atoms with E-state index in [2.05, 4.69) is 10.5 Å². The average molecular weight is 308 g/mol. The van der Waals surface area contributed by atoms with Crippen molar-refractivity contribution in [3.8, 4) is 5.75 Å². The van der Waals surface area contributed by atoms with E-state index < -0.39 is 17.6 Å². The molecule has 22 heavy (non-hydrogen) atoms. The Morgan fingerprint density at radius 3 is 2.41 bits per heavy atom. The highest BCUT2D eigenvalue weighted by molar-refractivity contribution is 5.97. The molecule has 0 bridgehead atoms. The van der Waals surface area contributed by atoms with Crippen molar-refractivity contribution in [2.24, 2.45) is 5.10 Å². The molecule has 2 rings (SSSR count). The minimum absolute atomic E-state index is 0.0243. The third kappa shape index (κ3) is 3.63. The second-order valence-corrected chi connectivity index (χ2v) is 4.30. The Bertz CT molecular complexity index is 712. The molecule has 0 saturated heterocycles. The van der Waals surface area contributed by atoms with Crippen molar-refractivity contribution in [2.75, 3.05) is 0 Å². The van der Waals surface area contributed by atoms with Crippen LogP contribution in [0.2, 0.25) is 0 Å². The summed E-state index contributed by atoms with van der Waals surface area (Å²) in [6.07, 6.45) is -3.61. The number of para-hydroxylation sites is 1. The monoisotopic (exact) mass is 308 g/mol. The van der Waals surface area contributed by atoms with Crippen molar-refractivity contribution in [1.82, 2.24) is 5.43 Å². The Morgan fingerprint density at radius 1 is 1.09 bits per heavy atom. The number of hydrogen-bond donors (Lipinski definition) is 2. The molecule has 0 aliphatic carbocycles. The van der Waals surface area contributed by atoms with E-state index in [0.717, 1.165) is 12.3 Å². The summed E-state index contributed by atoms with van der Waals surface area (Å²) in [6, 6.07) is 10.6. The maximum absolute atomic E-state index is 12.8. The van der Waals surface area contributed by atoms with Crippen LogP contribution >= 0.6 is 0 Å². The number of nitrogens with one attached hydrogen (secondary N) is 1. The third-order valence-electron chi connectivity index (χ3n) is 2.78. The highest BCUT2D eigenvalue weighted by Crippen LogP contribution is 2.31. The molecule has 2 aromatic carbocycles. The number of phenolic OH excluding ortho intramolecular Hbond substituents is 1. The van der Waals surface area contributed by atoms with Gasteiger partial charge in [-0.25, -0.2) is 5.43 Å². The highest BCUT2D eigenvalue weighted by Gasteiger charge is 2.32. The molecule has 0 saturated carbocycles. The van der Waals surface area contributed by atoms with Crippen molar-refractivity contribution in [3.63, 3.8) is 0 Å². The predicted molar refractivity (Wildman–Crippen MR) is 74.6 cm³/mol. The third-order valence-corrected chi connectivity index (χ3v) is 2.78. The van der Waals surface area contributed by atoms with E-state index >= 15 is 0 Å². The molecule has 2 aromatic rings. The molecule has 0 unspecified atom stereocenters. The van der Waals surface area contributed by atoms with E-state index in [1.165, 1.54) is 42.5 Å². The van der Waals surface area contributed by atoms with Crippen LogP contribution in [0.15, 0.2) is 53.6 Å². The highest BCUT2D eigenvalue weighted by atomic mass is 19.4. The number of rotatable bonds is 3. The van der Waals surface area contributed by atoms with Gasteiger partial charge in [0.1, 0.15) is 5.75 Å². The first-order chi connectivity index (χ1) is 10.4. The summed E-state index contributed by atoms with van der Waals surface area (Å²) in [7, 11) is 0. The van der Waals surface area contributed by atoms with Crippen LogP contribution in [-0.2, 0) is 6.18 Å². The molecule has 114 valence electrons. The van der Waals surface area contributed by atoms with Crippen LogP contribution in [-0.4, -0.2) is 17.2 Å². The number of carbonyl (C=O) groups is 1. The molecule has 0 atom stereocenters. The summed E-state index contributed by atoms with van der Waals surface area (Å²) < 4.78 is 38.3. The molecule has 7 heteroatoms. The molecule has 2 N–H and O–H groups in total. The van der Waals surface area contributed by atoms with Crippen LogP contribution in [0.25, 0.3) is 0 Å². The van der Waals surface area contributed by atoms with Crippen LogP contribution in [0.3, 0.4) is 0 Å². The quantitative estimate of drug-likeness (QED) is 0.676. The van der Waals surface area contributed by atoms with Gasteiger partial charge in [0.15, 0.2) is 0 Å². The largest absolute Gasteiger partial charge is 0.507 e. The second kappa shape index (κ2) is 6.30. The number of halogens is 3. The van der Waals surface area contributed by atoms with Crippen LogP contribution in [0.5, 0.6) is 5.75 Å². The van der Waals surface area contributed by atoms with Gasteiger partial charge < -0.3 is 5.11 Å². The van der Waals surface area contributed by atoms with Crippen molar-refractivity contribution >= 4 is 12.1 Å². The van der Waals surface area contributed by atoms with E-state index in [4.69, 9.17) is 0 Å². The van der Waals surface area contributed by atoms with Crippen LogP contribution < -0.4 is 5.43 Å². The Labute approximate surface area is 123 Å². The maximum Gasteiger partial charge on any atom is 0.417 e. The number of hydrazone groups is 1. The van der Waals surface area contributed by atoms with Gasteiger partial charge in [0, 0.05) is 5.56 Å². The predicted octanol–water partition coefficient (Wildman–Crippen LogP) is 3.17.